The minimum absolute atomic E-state index is 0.382. The third kappa shape index (κ3) is 3.50. The lowest BCUT2D eigenvalue weighted by atomic mass is 10.0. The fraction of sp³-hybridized carbons (Fsp3) is 0.714. The van der Waals surface area contributed by atoms with Crippen molar-refractivity contribution in [3.8, 4) is 0 Å². The van der Waals surface area contributed by atoms with Crippen LogP contribution in [0.25, 0.3) is 0 Å². The van der Waals surface area contributed by atoms with Crippen LogP contribution in [0.4, 0.5) is 0 Å². The first-order valence-corrected chi connectivity index (χ1v) is 6.57. The zero-order valence-corrected chi connectivity index (χ0v) is 12.4. The summed E-state index contributed by atoms with van der Waals surface area (Å²) in [4.78, 5) is 9.16. The Balaban J connectivity index is 3.14. The van der Waals surface area contributed by atoms with Crippen LogP contribution in [0.2, 0.25) is 0 Å². The van der Waals surface area contributed by atoms with E-state index in [0.29, 0.717) is 12.5 Å². The molecule has 0 spiro atoms. The average Bonchev–Trinajstić information content (AvgIpc) is 2.29. The molecule has 0 aliphatic carbocycles. The van der Waals surface area contributed by atoms with Crippen molar-refractivity contribution in [2.45, 2.75) is 52.7 Å². The molecule has 1 aromatic heterocycles. The lowest BCUT2D eigenvalue weighted by molar-refractivity contribution is -0.0210. The van der Waals surface area contributed by atoms with Crippen molar-refractivity contribution >= 4 is 0 Å². The highest BCUT2D eigenvalue weighted by molar-refractivity contribution is 5.22. The molecule has 102 valence electrons. The maximum Gasteiger partial charge on any atom is 0.159 e. The maximum absolute atomic E-state index is 5.71. The van der Waals surface area contributed by atoms with E-state index < -0.39 is 5.60 Å². The van der Waals surface area contributed by atoms with Crippen molar-refractivity contribution in [2.75, 3.05) is 13.7 Å². The molecule has 0 atom stereocenters. The van der Waals surface area contributed by atoms with Gasteiger partial charge in [-0.25, -0.2) is 9.97 Å². The second-order valence-electron chi connectivity index (χ2n) is 5.23. The quantitative estimate of drug-likeness (QED) is 0.844. The van der Waals surface area contributed by atoms with Gasteiger partial charge in [0.1, 0.15) is 5.60 Å². The largest absolute Gasteiger partial charge is 0.368 e. The minimum Gasteiger partial charge on any atom is -0.368 e. The molecule has 4 heteroatoms. The van der Waals surface area contributed by atoms with Crippen LogP contribution in [-0.2, 0) is 16.9 Å². The van der Waals surface area contributed by atoms with Gasteiger partial charge >= 0.3 is 0 Å². The van der Waals surface area contributed by atoms with Crippen molar-refractivity contribution < 1.29 is 4.74 Å². The van der Waals surface area contributed by atoms with Gasteiger partial charge in [-0.15, -0.1) is 0 Å². The number of ether oxygens (including phenoxy) is 1. The van der Waals surface area contributed by atoms with Gasteiger partial charge in [-0.1, -0.05) is 13.8 Å². The second kappa shape index (κ2) is 6.25. The predicted molar refractivity (Wildman–Crippen MR) is 73.5 cm³/mol. The summed E-state index contributed by atoms with van der Waals surface area (Å²) < 4.78 is 5.71. The summed E-state index contributed by atoms with van der Waals surface area (Å²) in [6, 6.07) is 0. The Labute approximate surface area is 110 Å². The molecule has 0 amide bonds. The summed E-state index contributed by atoms with van der Waals surface area (Å²) in [5, 5.41) is 3.15. The standard InChI is InChI=1S/C14H25N3O/c1-7-18-14(4,5)13-16-9-11(8-15-6)12(17-13)10(2)3/h9-10,15H,7-8H2,1-6H3. The van der Waals surface area contributed by atoms with Gasteiger partial charge in [-0.05, 0) is 33.7 Å². The van der Waals surface area contributed by atoms with E-state index in [-0.39, 0.29) is 0 Å². The molecule has 0 bridgehead atoms. The summed E-state index contributed by atoms with van der Waals surface area (Å²) in [7, 11) is 1.93. The first kappa shape index (κ1) is 15.1. The molecule has 0 saturated heterocycles. The molecular formula is C14H25N3O. The molecule has 0 aliphatic rings. The highest BCUT2D eigenvalue weighted by Crippen LogP contribution is 2.24. The molecule has 0 fully saturated rings. The monoisotopic (exact) mass is 251 g/mol. The van der Waals surface area contributed by atoms with E-state index >= 15 is 0 Å². The topological polar surface area (TPSA) is 47.0 Å². The Morgan fingerprint density at radius 3 is 2.56 bits per heavy atom. The molecule has 18 heavy (non-hydrogen) atoms. The summed E-state index contributed by atoms with van der Waals surface area (Å²) in [6.07, 6.45) is 1.91. The lowest BCUT2D eigenvalue weighted by Crippen LogP contribution is -2.26. The first-order valence-electron chi connectivity index (χ1n) is 6.57. The Kier molecular flexibility index (Phi) is 5.23. The van der Waals surface area contributed by atoms with Crippen LogP contribution < -0.4 is 5.32 Å². The van der Waals surface area contributed by atoms with Gasteiger partial charge < -0.3 is 10.1 Å². The van der Waals surface area contributed by atoms with Crippen molar-refractivity contribution in [3.05, 3.63) is 23.3 Å². The highest BCUT2D eigenvalue weighted by Gasteiger charge is 2.25. The van der Waals surface area contributed by atoms with Crippen molar-refractivity contribution in [3.63, 3.8) is 0 Å². The van der Waals surface area contributed by atoms with E-state index in [9.17, 15) is 0 Å². The van der Waals surface area contributed by atoms with Crippen molar-refractivity contribution in [1.29, 1.82) is 0 Å². The molecule has 1 heterocycles. The summed E-state index contributed by atoms with van der Waals surface area (Å²) in [5.41, 5.74) is 1.82. The van der Waals surface area contributed by atoms with Crippen LogP contribution in [-0.4, -0.2) is 23.6 Å². The van der Waals surface area contributed by atoms with Crippen LogP contribution >= 0.6 is 0 Å². The number of rotatable bonds is 6. The van der Waals surface area contributed by atoms with Crippen LogP contribution in [0.5, 0.6) is 0 Å². The third-order valence-corrected chi connectivity index (χ3v) is 2.86. The zero-order valence-electron chi connectivity index (χ0n) is 12.4. The van der Waals surface area contributed by atoms with Crippen molar-refractivity contribution in [1.82, 2.24) is 15.3 Å². The summed E-state index contributed by atoms with van der Waals surface area (Å²) >= 11 is 0. The predicted octanol–water partition coefficient (Wildman–Crippen LogP) is 2.59. The molecule has 0 radical (unpaired) electrons. The number of hydrogen-bond donors (Lipinski definition) is 1. The Morgan fingerprint density at radius 2 is 2.06 bits per heavy atom. The normalized spacial score (nSPS) is 12.2. The Bertz CT molecular complexity index is 389. The second-order valence-corrected chi connectivity index (χ2v) is 5.23. The van der Waals surface area contributed by atoms with E-state index in [2.05, 4.69) is 24.1 Å². The molecule has 1 N–H and O–H groups in total. The van der Waals surface area contributed by atoms with Gasteiger partial charge in [-0.2, -0.15) is 0 Å². The van der Waals surface area contributed by atoms with Crippen LogP contribution in [0, 0.1) is 0 Å². The average molecular weight is 251 g/mol. The van der Waals surface area contributed by atoms with Crippen LogP contribution in [0.3, 0.4) is 0 Å². The molecule has 1 rings (SSSR count). The summed E-state index contributed by atoms with van der Waals surface area (Å²) in [5.74, 6) is 1.14. The van der Waals surface area contributed by atoms with Crippen molar-refractivity contribution in [2.24, 2.45) is 0 Å². The molecule has 0 unspecified atom stereocenters. The number of nitrogens with one attached hydrogen (secondary N) is 1. The van der Waals surface area contributed by atoms with Gasteiger partial charge in [0.2, 0.25) is 0 Å². The molecule has 4 nitrogen and oxygen atoms in total. The van der Waals surface area contributed by atoms with Gasteiger partial charge in [0, 0.05) is 24.9 Å². The van der Waals surface area contributed by atoms with E-state index in [1.165, 1.54) is 0 Å². The number of aromatic nitrogens is 2. The molecule has 0 aliphatic heterocycles. The molecule has 0 saturated carbocycles. The lowest BCUT2D eigenvalue weighted by Gasteiger charge is -2.24. The molecular weight excluding hydrogens is 226 g/mol. The number of nitrogens with zero attached hydrogens (tertiary/aromatic N) is 2. The van der Waals surface area contributed by atoms with Gasteiger partial charge in [0.15, 0.2) is 5.82 Å². The Hall–Kier alpha value is -1.00. The Morgan fingerprint density at radius 1 is 1.39 bits per heavy atom. The van der Waals surface area contributed by atoms with E-state index in [0.717, 1.165) is 23.6 Å². The van der Waals surface area contributed by atoms with E-state index in [1.54, 1.807) is 0 Å². The molecule has 0 aromatic carbocycles. The van der Waals surface area contributed by atoms with Gasteiger partial charge in [0.05, 0.1) is 5.69 Å². The summed E-state index contributed by atoms with van der Waals surface area (Å²) in [6.45, 7) is 11.8. The third-order valence-electron chi connectivity index (χ3n) is 2.86. The SMILES string of the molecule is CCOC(C)(C)c1ncc(CNC)c(C(C)C)n1. The fourth-order valence-electron chi connectivity index (χ4n) is 1.96. The van der Waals surface area contributed by atoms with E-state index in [1.807, 2.05) is 34.0 Å². The van der Waals surface area contributed by atoms with Gasteiger partial charge in [-0.3, -0.25) is 0 Å². The van der Waals surface area contributed by atoms with Crippen LogP contribution in [0.1, 0.15) is 57.6 Å². The maximum atomic E-state index is 5.71. The van der Waals surface area contributed by atoms with Crippen LogP contribution in [0.15, 0.2) is 6.20 Å². The zero-order chi connectivity index (χ0) is 13.8. The smallest absolute Gasteiger partial charge is 0.159 e. The van der Waals surface area contributed by atoms with E-state index in [4.69, 9.17) is 9.72 Å². The minimum atomic E-state index is -0.434. The van der Waals surface area contributed by atoms with Gasteiger partial charge in [0.25, 0.3) is 0 Å². The fourth-order valence-corrected chi connectivity index (χ4v) is 1.96. The highest BCUT2D eigenvalue weighted by atomic mass is 16.5. The number of hydrogen-bond acceptors (Lipinski definition) is 4. The first-order chi connectivity index (χ1) is 8.42. The molecule has 1 aromatic rings.